The number of rotatable bonds is 2. The Kier molecular flexibility index (Phi) is 2.97. The predicted octanol–water partition coefficient (Wildman–Crippen LogP) is 0.584. The summed E-state index contributed by atoms with van der Waals surface area (Å²) in [5, 5.41) is 8.97. The van der Waals surface area contributed by atoms with Gasteiger partial charge in [0, 0.05) is 25.5 Å². The van der Waals surface area contributed by atoms with Gasteiger partial charge in [0.25, 0.3) is 0 Å². The molecule has 15 heavy (non-hydrogen) atoms. The summed E-state index contributed by atoms with van der Waals surface area (Å²) in [6.07, 6.45) is 3.48. The summed E-state index contributed by atoms with van der Waals surface area (Å²) in [6.45, 7) is 0.553. The molecule has 6 heteroatoms. The lowest BCUT2D eigenvalue weighted by Gasteiger charge is -2.14. The number of nitrogens with zero attached hydrogens (tertiary/aromatic N) is 3. The molecule has 1 aromatic heterocycles. The van der Waals surface area contributed by atoms with Crippen LogP contribution in [-0.2, 0) is 4.79 Å². The molecule has 0 spiro atoms. The predicted molar refractivity (Wildman–Crippen MR) is 57.3 cm³/mol. The summed E-state index contributed by atoms with van der Waals surface area (Å²) in [7, 11) is 0. The Morgan fingerprint density at radius 1 is 1.53 bits per heavy atom. The Bertz CT molecular complexity index is 368. The normalized spacial score (nSPS) is 21.1. The standard InChI is InChI=1S/C9H10BrN3O2/c10-7-2-12-8(3-11-7)13-4-6(5-14)1-9(13)15/h2-3,6,14H,1,4-5H2. The van der Waals surface area contributed by atoms with Crippen LogP contribution in [0.1, 0.15) is 6.42 Å². The van der Waals surface area contributed by atoms with Crippen molar-refractivity contribution < 1.29 is 9.90 Å². The Labute approximate surface area is 95.3 Å². The summed E-state index contributed by atoms with van der Waals surface area (Å²) >= 11 is 3.18. The number of aromatic nitrogens is 2. The van der Waals surface area contributed by atoms with Gasteiger partial charge < -0.3 is 5.11 Å². The molecule has 80 valence electrons. The highest BCUT2D eigenvalue weighted by atomic mass is 79.9. The van der Waals surface area contributed by atoms with E-state index in [1.165, 1.54) is 0 Å². The zero-order valence-corrected chi connectivity index (χ0v) is 9.51. The molecule has 1 aliphatic heterocycles. The molecule has 1 fully saturated rings. The zero-order valence-electron chi connectivity index (χ0n) is 7.93. The maximum atomic E-state index is 11.6. The van der Waals surface area contributed by atoms with Gasteiger partial charge in [0.15, 0.2) is 5.82 Å². The van der Waals surface area contributed by atoms with E-state index in [0.717, 1.165) is 0 Å². The van der Waals surface area contributed by atoms with Crippen LogP contribution in [-0.4, -0.2) is 34.1 Å². The minimum atomic E-state index is -0.00864. The molecule has 0 bridgehead atoms. The molecule has 0 saturated carbocycles. The van der Waals surface area contributed by atoms with Crippen molar-refractivity contribution in [3.05, 3.63) is 17.0 Å². The first-order valence-electron chi connectivity index (χ1n) is 4.59. The van der Waals surface area contributed by atoms with Crippen LogP contribution in [0.25, 0.3) is 0 Å². The SMILES string of the molecule is O=C1CC(CO)CN1c1cnc(Br)cn1. The number of halogens is 1. The fourth-order valence-electron chi connectivity index (χ4n) is 1.57. The van der Waals surface area contributed by atoms with E-state index in [9.17, 15) is 4.79 Å². The minimum Gasteiger partial charge on any atom is -0.396 e. The molecule has 2 rings (SSSR count). The zero-order chi connectivity index (χ0) is 10.8. The summed E-state index contributed by atoms with van der Waals surface area (Å²) < 4.78 is 0.636. The molecule has 1 N–H and O–H groups in total. The average molecular weight is 272 g/mol. The van der Waals surface area contributed by atoms with Gasteiger partial charge in [-0.2, -0.15) is 0 Å². The van der Waals surface area contributed by atoms with Gasteiger partial charge in [0.05, 0.1) is 12.4 Å². The Morgan fingerprint density at radius 3 is 2.87 bits per heavy atom. The molecule has 0 aliphatic carbocycles. The van der Waals surface area contributed by atoms with Gasteiger partial charge >= 0.3 is 0 Å². The molecule has 2 heterocycles. The van der Waals surface area contributed by atoms with E-state index in [2.05, 4.69) is 25.9 Å². The quantitative estimate of drug-likeness (QED) is 0.855. The third-order valence-corrected chi connectivity index (χ3v) is 2.76. The molecule has 0 aromatic carbocycles. The first-order chi connectivity index (χ1) is 7.20. The monoisotopic (exact) mass is 271 g/mol. The molecule has 1 unspecified atom stereocenters. The lowest BCUT2D eigenvalue weighted by atomic mass is 10.1. The number of carbonyl (C=O) groups excluding carboxylic acids is 1. The van der Waals surface area contributed by atoms with E-state index in [1.54, 1.807) is 17.3 Å². The summed E-state index contributed by atoms with van der Waals surface area (Å²) in [6, 6.07) is 0. The number of hydrogen-bond donors (Lipinski definition) is 1. The van der Waals surface area contributed by atoms with Crippen LogP contribution in [0.4, 0.5) is 5.82 Å². The van der Waals surface area contributed by atoms with Gasteiger partial charge in [0.2, 0.25) is 5.91 Å². The molecular weight excluding hydrogens is 262 g/mol. The largest absolute Gasteiger partial charge is 0.396 e. The molecule has 0 radical (unpaired) electrons. The van der Waals surface area contributed by atoms with Crippen LogP contribution in [0.15, 0.2) is 17.0 Å². The Hall–Kier alpha value is -1.01. The van der Waals surface area contributed by atoms with Crippen LogP contribution in [0.2, 0.25) is 0 Å². The second kappa shape index (κ2) is 4.24. The van der Waals surface area contributed by atoms with Crippen LogP contribution < -0.4 is 4.90 Å². The molecular formula is C9H10BrN3O2. The van der Waals surface area contributed by atoms with E-state index in [0.29, 0.717) is 23.4 Å². The molecule has 5 nitrogen and oxygen atoms in total. The van der Waals surface area contributed by atoms with Crippen LogP contribution in [0.3, 0.4) is 0 Å². The lowest BCUT2D eigenvalue weighted by Crippen LogP contribution is -2.25. The van der Waals surface area contributed by atoms with Crippen LogP contribution in [0, 0.1) is 5.92 Å². The molecule has 1 aromatic rings. The third kappa shape index (κ3) is 2.15. The lowest BCUT2D eigenvalue weighted by molar-refractivity contribution is -0.117. The van der Waals surface area contributed by atoms with Crippen molar-refractivity contribution >= 4 is 27.7 Å². The van der Waals surface area contributed by atoms with Gasteiger partial charge in [-0.1, -0.05) is 0 Å². The summed E-state index contributed by atoms with van der Waals surface area (Å²) in [5.74, 6) is 0.549. The number of amides is 1. The average Bonchev–Trinajstić information content (AvgIpc) is 2.61. The molecule has 1 atom stereocenters. The minimum absolute atomic E-state index is 0.00864. The summed E-state index contributed by atoms with van der Waals surface area (Å²) in [5.41, 5.74) is 0. The van der Waals surface area contributed by atoms with Crippen molar-refractivity contribution in [2.45, 2.75) is 6.42 Å². The van der Waals surface area contributed by atoms with E-state index >= 15 is 0 Å². The maximum Gasteiger partial charge on any atom is 0.228 e. The number of anilines is 1. The number of aliphatic hydroxyl groups excluding tert-OH is 1. The van der Waals surface area contributed by atoms with E-state index in [1.807, 2.05) is 0 Å². The first-order valence-corrected chi connectivity index (χ1v) is 5.39. The van der Waals surface area contributed by atoms with Gasteiger partial charge in [-0.25, -0.2) is 9.97 Å². The van der Waals surface area contributed by atoms with E-state index < -0.39 is 0 Å². The van der Waals surface area contributed by atoms with Crippen molar-refractivity contribution in [2.24, 2.45) is 5.92 Å². The van der Waals surface area contributed by atoms with Gasteiger partial charge in [-0.3, -0.25) is 9.69 Å². The smallest absolute Gasteiger partial charge is 0.228 e. The van der Waals surface area contributed by atoms with Crippen molar-refractivity contribution in [3.63, 3.8) is 0 Å². The summed E-state index contributed by atoms with van der Waals surface area (Å²) in [4.78, 5) is 21.2. The van der Waals surface area contributed by atoms with Crippen molar-refractivity contribution in [2.75, 3.05) is 18.1 Å². The van der Waals surface area contributed by atoms with E-state index in [-0.39, 0.29) is 18.4 Å². The van der Waals surface area contributed by atoms with Gasteiger partial charge in [-0.15, -0.1) is 0 Å². The van der Waals surface area contributed by atoms with Gasteiger partial charge in [-0.05, 0) is 15.9 Å². The third-order valence-electron chi connectivity index (χ3n) is 2.35. The van der Waals surface area contributed by atoms with Crippen molar-refractivity contribution in [1.82, 2.24) is 9.97 Å². The number of aliphatic hydroxyl groups is 1. The fraction of sp³-hybridized carbons (Fsp3) is 0.444. The fourth-order valence-corrected chi connectivity index (χ4v) is 1.77. The highest BCUT2D eigenvalue weighted by Gasteiger charge is 2.30. The topological polar surface area (TPSA) is 66.3 Å². The van der Waals surface area contributed by atoms with Crippen molar-refractivity contribution in [3.8, 4) is 0 Å². The Morgan fingerprint density at radius 2 is 2.33 bits per heavy atom. The second-order valence-electron chi connectivity index (χ2n) is 3.45. The molecule has 1 aliphatic rings. The molecule has 1 saturated heterocycles. The molecule has 1 amide bonds. The van der Waals surface area contributed by atoms with Crippen molar-refractivity contribution in [1.29, 1.82) is 0 Å². The highest BCUT2D eigenvalue weighted by Crippen LogP contribution is 2.22. The van der Waals surface area contributed by atoms with Gasteiger partial charge in [0.1, 0.15) is 4.60 Å². The highest BCUT2D eigenvalue weighted by molar-refractivity contribution is 9.10. The Balaban J connectivity index is 2.18. The second-order valence-corrected chi connectivity index (χ2v) is 4.27. The van der Waals surface area contributed by atoms with Crippen LogP contribution in [0.5, 0.6) is 0 Å². The first kappa shape index (κ1) is 10.5. The number of hydrogen-bond acceptors (Lipinski definition) is 4. The van der Waals surface area contributed by atoms with Crippen LogP contribution >= 0.6 is 15.9 Å². The maximum absolute atomic E-state index is 11.6. The number of carbonyl (C=O) groups is 1. The van der Waals surface area contributed by atoms with E-state index in [4.69, 9.17) is 5.11 Å².